The van der Waals surface area contributed by atoms with E-state index >= 15 is 0 Å². The van der Waals surface area contributed by atoms with Crippen LogP contribution in [0.2, 0.25) is 0 Å². The van der Waals surface area contributed by atoms with Crippen LogP contribution in [0.25, 0.3) is 0 Å². The number of alkyl halides is 3. The monoisotopic (exact) mass is 255 g/mol. The predicted octanol–water partition coefficient (Wildman–Crippen LogP) is 3.34. The van der Waals surface area contributed by atoms with Crippen molar-refractivity contribution in [1.29, 1.82) is 0 Å². The van der Waals surface area contributed by atoms with Crippen LogP contribution in [0.5, 0.6) is 5.75 Å². The lowest BCUT2D eigenvalue weighted by molar-refractivity contribution is -0.274. The smallest absolute Gasteiger partial charge is 0.406 e. The lowest BCUT2D eigenvalue weighted by Gasteiger charge is -2.13. The summed E-state index contributed by atoms with van der Waals surface area (Å²) in [4.78, 5) is 0. The molecule has 1 aromatic rings. The van der Waals surface area contributed by atoms with Gasteiger partial charge >= 0.3 is 6.36 Å². The quantitative estimate of drug-likeness (QED) is 0.880. The highest BCUT2D eigenvalue weighted by atomic mass is 35.5. The van der Waals surface area contributed by atoms with Gasteiger partial charge in [-0.15, -0.1) is 25.6 Å². The van der Waals surface area contributed by atoms with Crippen molar-refractivity contribution in [1.82, 2.24) is 0 Å². The summed E-state index contributed by atoms with van der Waals surface area (Å²) in [5.41, 5.74) is 7.13. The molecule has 6 heteroatoms. The maximum Gasteiger partial charge on any atom is 0.573 e. The molecule has 0 aliphatic carbocycles. The molecule has 2 nitrogen and oxygen atoms in total. The highest BCUT2D eigenvalue weighted by Crippen LogP contribution is 2.26. The van der Waals surface area contributed by atoms with Gasteiger partial charge in [-0.1, -0.05) is 6.07 Å². The molecule has 1 aromatic carbocycles. The first-order chi connectivity index (χ1) is 6.79. The minimum Gasteiger partial charge on any atom is -0.406 e. The Kier molecular flexibility index (Phi) is 5.09. The molecule has 0 fully saturated rings. The van der Waals surface area contributed by atoms with Crippen molar-refractivity contribution >= 4 is 12.4 Å². The standard InChI is InChI=1S/C10H12F3NO.ClH/c1-6-5-8(15-10(11,12)13)3-4-9(6)7(2)14;/h3-5,7H,14H2,1-2H3;1H. The van der Waals surface area contributed by atoms with Crippen LogP contribution in [0.3, 0.4) is 0 Å². The maximum absolute atomic E-state index is 11.9. The minimum absolute atomic E-state index is 0. The van der Waals surface area contributed by atoms with Gasteiger partial charge in [0.2, 0.25) is 0 Å². The Labute approximate surface area is 98.0 Å². The van der Waals surface area contributed by atoms with Crippen molar-refractivity contribution in [2.75, 3.05) is 0 Å². The van der Waals surface area contributed by atoms with E-state index in [0.29, 0.717) is 5.56 Å². The minimum atomic E-state index is -4.65. The summed E-state index contributed by atoms with van der Waals surface area (Å²) in [6, 6.07) is 3.93. The van der Waals surface area contributed by atoms with Crippen molar-refractivity contribution in [3.63, 3.8) is 0 Å². The SMILES string of the molecule is Cc1cc(OC(F)(F)F)ccc1C(C)N.Cl. The van der Waals surface area contributed by atoms with E-state index in [9.17, 15) is 13.2 Å². The Hall–Kier alpha value is -0.940. The molecule has 1 rings (SSSR count). The molecule has 0 aliphatic rings. The Morgan fingerprint density at radius 2 is 1.88 bits per heavy atom. The number of rotatable bonds is 2. The summed E-state index contributed by atoms with van der Waals surface area (Å²) in [6.45, 7) is 3.47. The Morgan fingerprint density at radius 1 is 1.31 bits per heavy atom. The number of aryl methyl sites for hydroxylation is 1. The van der Waals surface area contributed by atoms with Crippen LogP contribution in [0, 0.1) is 6.92 Å². The van der Waals surface area contributed by atoms with E-state index in [1.807, 2.05) is 0 Å². The third-order valence-electron chi connectivity index (χ3n) is 1.97. The molecule has 1 atom stereocenters. The molecule has 0 aliphatic heterocycles. The van der Waals surface area contributed by atoms with E-state index in [-0.39, 0.29) is 24.2 Å². The number of hydrogen-bond donors (Lipinski definition) is 1. The van der Waals surface area contributed by atoms with E-state index in [1.165, 1.54) is 12.1 Å². The number of nitrogens with two attached hydrogens (primary N) is 1. The molecule has 0 saturated heterocycles. The van der Waals surface area contributed by atoms with Crippen LogP contribution in [0.4, 0.5) is 13.2 Å². The van der Waals surface area contributed by atoms with Gasteiger partial charge in [-0.2, -0.15) is 0 Å². The molecule has 1 unspecified atom stereocenters. The van der Waals surface area contributed by atoms with Crippen LogP contribution in [0.1, 0.15) is 24.1 Å². The number of ether oxygens (including phenoxy) is 1. The summed E-state index contributed by atoms with van der Waals surface area (Å²) in [5, 5.41) is 0. The van der Waals surface area contributed by atoms with Crippen LogP contribution >= 0.6 is 12.4 Å². The summed E-state index contributed by atoms with van der Waals surface area (Å²) in [7, 11) is 0. The second-order valence-electron chi connectivity index (χ2n) is 3.35. The van der Waals surface area contributed by atoms with Crippen LogP contribution in [0.15, 0.2) is 18.2 Å². The lowest BCUT2D eigenvalue weighted by Crippen LogP contribution is -2.17. The fourth-order valence-electron chi connectivity index (χ4n) is 1.36. The summed E-state index contributed by atoms with van der Waals surface area (Å²) >= 11 is 0. The zero-order chi connectivity index (χ0) is 11.6. The van der Waals surface area contributed by atoms with Gasteiger partial charge < -0.3 is 10.5 Å². The second-order valence-corrected chi connectivity index (χ2v) is 3.35. The second kappa shape index (κ2) is 5.41. The first kappa shape index (κ1) is 15.1. The average Bonchev–Trinajstić information content (AvgIpc) is 1.99. The molecule has 0 amide bonds. The zero-order valence-corrected chi connectivity index (χ0v) is 9.65. The number of halogens is 4. The summed E-state index contributed by atoms with van der Waals surface area (Å²) in [6.07, 6.45) is -4.65. The van der Waals surface area contributed by atoms with Gasteiger partial charge in [-0.25, -0.2) is 0 Å². The summed E-state index contributed by atoms with van der Waals surface area (Å²) in [5.74, 6) is -0.218. The fourth-order valence-corrected chi connectivity index (χ4v) is 1.36. The Bertz CT molecular complexity index is 352. The van der Waals surface area contributed by atoms with Crippen LogP contribution < -0.4 is 10.5 Å². The highest BCUT2D eigenvalue weighted by Gasteiger charge is 2.31. The molecular weight excluding hydrogens is 243 g/mol. The van der Waals surface area contributed by atoms with Crippen molar-refractivity contribution < 1.29 is 17.9 Å². The van der Waals surface area contributed by atoms with Gasteiger partial charge in [0, 0.05) is 6.04 Å². The van der Waals surface area contributed by atoms with E-state index in [0.717, 1.165) is 5.56 Å². The zero-order valence-electron chi connectivity index (χ0n) is 8.84. The molecule has 0 aromatic heterocycles. The largest absolute Gasteiger partial charge is 0.573 e. The topological polar surface area (TPSA) is 35.2 Å². The van der Waals surface area contributed by atoms with Crippen LogP contribution in [-0.4, -0.2) is 6.36 Å². The molecule has 2 N–H and O–H groups in total. The molecule has 0 heterocycles. The van der Waals surface area contributed by atoms with Crippen LogP contribution in [-0.2, 0) is 0 Å². The lowest BCUT2D eigenvalue weighted by atomic mass is 10.0. The molecule has 0 spiro atoms. The van der Waals surface area contributed by atoms with Gasteiger partial charge in [0.15, 0.2) is 0 Å². The number of hydrogen-bond acceptors (Lipinski definition) is 2. The van der Waals surface area contributed by atoms with E-state index < -0.39 is 6.36 Å². The molecule has 0 bridgehead atoms. The van der Waals surface area contributed by atoms with E-state index in [1.54, 1.807) is 19.9 Å². The normalized spacial score (nSPS) is 12.9. The van der Waals surface area contributed by atoms with Gasteiger partial charge in [0.05, 0.1) is 0 Å². The van der Waals surface area contributed by atoms with E-state index in [2.05, 4.69) is 4.74 Å². The molecule has 16 heavy (non-hydrogen) atoms. The first-order valence-corrected chi connectivity index (χ1v) is 4.41. The van der Waals surface area contributed by atoms with E-state index in [4.69, 9.17) is 5.73 Å². The van der Waals surface area contributed by atoms with Crippen molar-refractivity contribution in [2.24, 2.45) is 5.73 Å². The average molecular weight is 256 g/mol. The van der Waals surface area contributed by atoms with Gasteiger partial charge in [-0.05, 0) is 37.1 Å². The third kappa shape index (κ3) is 4.28. The van der Waals surface area contributed by atoms with Gasteiger partial charge in [-0.3, -0.25) is 0 Å². The molecule has 0 saturated carbocycles. The highest BCUT2D eigenvalue weighted by molar-refractivity contribution is 5.85. The maximum atomic E-state index is 11.9. The van der Waals surface area contributed by atoms with Crippen molar-refractivity contribution in [3.05, 3.63) is 29.3 Å². The predicted molar refractivity (Wildman–Crippen MR) is 57.7 cm³/mol. The number of benzene rings is 1. The molecule has 92 valence electrons. The van der Waals surface area contributed by atoms with Gasteiger partial charge in [0.1, 0.15) is 5.75 Å². The van der Waals surface area contributed by atoms with Crippen molar-refractivity contribution in [2.45, 2.75) is 26.3 Å². The van der Waals surface area contributed by atoms with Crippen molar-refractivity contribution in [3.8, 4) is 5.75 Å². The third-order valence-corrected chi connectivity index (χ3v) is 1.97. The molecular formula is C10H13ClF3NO. The molecule has 0 radical (unpaired) electrons. The fraction of sp³-hybridized carbons (Fsp3) is 0.400. The Morgan fingerprint density at radius 3 is 2.25 bits per heavy atom. The first-order valence-electron chi connectivity index (χ1n) is 4.41. The van der Waals surface area contributed by atoms with Gasteiger partial charge in [0.25, 0.3) is 0 Å². The summed E-state index contributed by atoms with van der Waals surface area (Å²) < 4.78 is 39.4. The Balaban J connectivity index is 0.00000225.